The molecule has 1 saturated heterocycles. The summed E-state index contributed by atoms with van der Waals surface area (Å²) in [7, 11) is 1.86. The number of aliphatic imine (C=N–C) groups is 1. The highest BCUT2D eigenvalue weighted by atomic mass is 127. The molecule has 1 unspecified atom stereocenters. The van der Waals surface area contributed by atoms with Gasteiger partial charge in [0, 0.05) is 37.1 Å². The summed E-state index contributed by atoms with van der Waals surface area (Å²) in [5.74, 6) is 3.17. The van der Waals surface area contributed by atoms with Gasteiger partial charge in [-0.15, -0.1) is 24.0 Å². The molecule has 2 heterocycles. The van der Waals surface area contributed by atoms with Gasteiger partial charge < -0.3 is 15.0 Å². The van der Waals surface area contributed by atoms with Gasteiger partial charge in [0.15, 0.2) is 5.96 Å². The van der Waals surface area contributed by atoms with E-state index in [0.717, 1.165) is 43.5 Å². The van der Waals surface area contributed by atoms with Gasteiger partial charge in [-0.3, -0.25) is 4.99 Å². The van der Waals surface area contributed by atoms with Crippen molar-refractivity contribution in [2.75, 3.05) is 32.4 Å². The number of hydrogen-bond donors (Lipinski definition) is 1. The minimum atomic E-state index is 0. The van der Waals surface area contributed by atoms with Crippen LogP contribution in [0.15, 0.2) is 29.3 Å². The molecule has 128 valence electrons. The lowest BCUT2D eigenvalue weighted by Gasteiger charge is -2.39. The Kier molecular flexibility index (Phi) is 6.48. The zero-order valence-corrected chi connectivity index (χ0v) is 17.2. The van der Waals surface area contributed by atoms with Gasteiger partial charge in [-0.2, -0.15) is 11.8 Å². The third kappa shape index (κ3) is 4.68. The molecule has 1 atom stereocenters. The zero-order chi connectivity index (χ0) is 15.6. The van der Waals surface area contributed by atoms with Crippen LogP contribution in [0.1, 0.15) is 19.4 Å². The van der Waals surface area contributed by atoms with E-state index < -0.39 is 0 Å². The Bertz CT molecular complexity index is 540. The number of fused-ring (bicyclic) bond motifs is 1. The van der Waals surface area contributed by atoms with Gasteiger partial charge in [0.2, 0.25) is 0 Å². The van der Waals surface area contributed by atoms with Crippen LogP contribution in [0.2, 0.25) is 0 Å². The molecule has 4 nitrogen and oxygen atoms in total. The van der Waals surface area contributed by atoms with Crippen molar-refractivity contribution in [3.05, 3.63) is 29.8 Å². The summed E-state index contributed by atoms with van der Waals surface area (Å²) in [5.41, 5.74) is 1.31. The molecule has 6 heteroatoms. The minimum absolute atomic E-state index is 0. The van der Waals surface area contributed by atoms with Crippen molar-refractivity contribution in [3.8, 4) is 5.75 Å². The molecule has 0 saturated carbocycles. The minimum Gasteiger partial charge on any atom is -0.488 e. The SMILES string of the molecule is CN=C(NCC1Cc2ccccc2O1)N1CCSC(C)(C)C1.I. The highest BCUT2D eigenvalue weighted by Crippen LogP contribution is 2.30. The van der Waals surface area contributed by atoms with Crippen molar-refractivity contribution in [2.24, 2.45) is 4.99 Å². The number of nitrogens with one attached hydrogen (secondary N) is 1. The van der Waals surface area contributed by atoms with Gasteiger partial charge in [0.1, 0.15) is 11.9 Å². The molecule has 2 aliphatic rings. The molecular weight excluding hydrogens is 421 g/mol. The lowest BCUT2D eigenvalue weighted by molar-refractivity contribution is 0.232. The monoisotopic (exact) mass is 447 g/mol. The highest BCUT2D eigenvalue weighted by molar-refractivity contribution is 14.0. The fourth-order valence-corrected chi connectivity index (χ4v) is 4.21. The highest BCUT2D eigenvalue weighted by Gasteiger charge is 2.29. The molecule has 1 N–H and O–H groups in total. The third-order valence-corrected chi connectivity index (χ3v) is 5.44. The van der Waals surface area contributed by atoms with E-state index in [1.54, 1.807) is 0 Å². The lowest BCUT2D eigenvalue weighted by Crippen LogP contribution is -2.52. The summed E-state index contributed by atoms with van der Waals surface area (Å²) in [4.78, 5) is 6.81. The fourth-order valence-electron chi connectivity index (χ4n) is 3.10. The van der Waals surface area contributed by atoms with Gasteiger partial charge in [-0.1, -0.05) is 18.2 Å². The van der Waals surface area contributed by atoms with E-state index in [1.807, 2.05) is 24.9 Å². The number of thioether (sulfide) groups is 1. The average molecular weight is 447 g/mol. The van der Waals surface area contributed by atoms with Crippen LogP contribution >= 0.6 is 35.7 Å². The molecule has 0 aliphatic carbocycles. The van der Waals surface area contributed by atoms with Crippen molar-refractivity contribution >= 4 is 41.7 Å². The molecule has 1 aromatic carbocycles. The maximum Gasteiger partial charge on any atom is 0.193 e. The molecule has 3 rings (SSSR count). The van der Waals surface area contributed by atoms with Gasteiger partial charge >= 0.3 is 0 Å². The van der Waals surface area contributed by atoms with Crippen LogP contribution in [0.4, 0.5) is 0 Å². The molecule has 0 amide bonds. The topological polar surface area (TPSA) is 36.9 Å². The van der Waals surface area contributed by atoms with Crippen molar-refractivity contribution in [1.82, 2.24) is 10.2 Å². The number of benzene rings is 1. The van der Waals surface area contributed by atoms with Crippen LogP contribution in [0, 0.1) is 0 Å². The van der Waals surface area contributed by atoms with E-state index >= 15 is 0 Å². The second kappa shape index (κ2) is 7.96. The first kappa shape index (κ1) is 18.7. The maximum absolute atomic E-state index is 5.99. The van der Waals surface area contributed by atoms with Crippen LogP contribution in [0.3, 0.4) is 0 Å². The van der Waals surface area contributed by atoms with Crippen molar-refractivity contribution in [2.45, 2.75) is 31.1 Å². The summed E-state index contributed by atoms with van der Waals surface area (Å²) in [6, 6.07) is 8.30. The molecule has 1 aromatic rings. The normalized spacial score (nSPS) is 22.8. The number of ether oxygens (including phenoxy) is 1. The van der Waals surface area contributed by atoms with Crippen LogP contribution in [-0.2, 0) is 6.42 Å². The van der Waals surface area contributed by atoms with E-state index in [0.29, 0.717) is 0 Å². The van der Waals surface area contributed by atoms with Crippen molar-refractivity contribution in [1.29, 1.82) is 0 Å². The number of nitrogens with zero attached hydrogens (tertiary/aromatic N) is 2. The van der Waals surface area contributed by atoms with E-state index in [4.69, 9.17) is 4.74 Å². The largest absolute Gasteiger partial charge is 0.488 e. The fraction of sp³-hybridized carbons (Fsp3) is 0.588. The lowest BCUT2D eigenvalue weighted by atomic mass is 10.1. The Morgan fingerprint density at radius 1 is 1.43 bits per heavy atom. The Hall–Kier alpha value is -0.630. The predicted molar refractivity (Wildman–Crippen MR) is 109 cm³/mol. The summed E-state index contributed by atoms with van der Waals surface area (Å²) in [6.07, 6.45) is 1.17. The second-order valence-electron chi connectivity index (χ2n) is 6.51. The first-order valence-corrected chi connectivity index (χ1v) is 8.90. The standard InChI is InChI=1S/C17H25N3OS.HI/c1-17(2)12-20(8-9-22-17)16(18-3)19-11-14-10-13-6-4-5-7-15(13)21-14;/h4-7,14H,8-12H2,1-3H3,(H,18,19);1H. The Morgan fingerprint density at radius 3 is 2.91 bits per heavy atom. The molecule has 0 bridgehead atoms. The van der Waals surface area contributed by atoms with Crippen LogP contribution < -0.4 is 10.1 Å². The predicted octanol–water partition coefficient (Wildman–Crippen LogP) is 3.01. The van der Waals surface area contributed by atoms with E-state index in [2.05, 4.69) is 47.3 Å². The van der Waals surface area contributed by atoms with E-state index in [1.165, 1.54) is 5.56 Å². The van der Waals surface area contributed by atoms with Crippen LogP contribution in [0.5, 0.6) is 5.75 Å². The maximum atomic E-state index is 5.99. The molecule has 2 aliphatic heterocycles. The first-order valence-electron chi connectivity index (χ1n) is 7.91. The summed E-state index contributed by atoms with van der Waals surface area (Å²) < 4.78 is 6.28. The van der Waals surface area contributed by atoms with Crippen LogP contribution in [-0.4, -0.2) is 54.1 Å². The molecule has 1 fully saturated rings. The third-order valence-electron chi connectivity index (χ3n) is 4.14. The Labute approximate surface area is 160 Å². The summed E-state index contributed by atoms with van der Waals surface area (Å²) in [5, 5.41) is 3.50. The molecule has 0 radical (unpaired) electrons. The Morgan fingerprint density at radius 2 is 2.22 bits per heavy atom. The number of rotatable bonds is 2. The number of hydrogen-bond acceptors (Lipinski definition) is 3. The number of guanidine groups is 1. The zero-order valence-electron chi connectivity index (χ0n) is 14.0. The number of para-hydroxylation sites is 1. The van der Waals surface area contributed by atoms with Gasteiger partial charge in [0.05, 0.1) is 6.54 Å². The summed E-state index contributed by atoms with van der Waals surface area (Å²) in [6.45, 7) is 7.48. The number of halogens is 1. The average Bonchev–Trinajstić information content (AvgIpc) is 2.89. The first-order chi connectivity index (χ1) is 10.6. The quantitative estimate of drug-likeness (QED) is 0.430. The second-order valence-corrected chi connectivity index (χ2v) is 8.31. The molecule has 0 spiro atoms. The smallest absolute Gasteiger partial charge is 0.193 e. The molecule has 23 heavy (non-hydrogen) atoms. The van der Waals surface area contributed by atoms with E-state index in [-0.39, 0.29) is 34.8 Å². The molecular formula is C17H26IN3OS. The van der Waals surface area contributed by atoms with Crippen molar-refractivity contribution < 1.29 is 4.74 Å². The Balaban J connectivity index is 0.00000192. The van der Waals surface area contributed by atoms with Gasteiger partial charge in [0.25, 0.3) is 0 Å². The van der Waals surface area contributed by atoms with E-state index in [9.17, 15) is 0 Å². The summed E-state index contributed by atoms with van der Waals surface area (Å²) >= 11 is 2.04. The van der Waals surface area contributed by atoms with Gasteiger partial charge in [-0.05, 0) is 25.5 Å². The van der Waals surface area contributed by atoms with Crippen LogP contribution in [0.25, 0.3) is 0 Å². The van der Waals surface area contributed by atoms with Gasteiger partial charge in [-0.25, -0.2) is 0 Å². The van der Waals surface area contributed by atoms with Crippen molar-refractivity contribution in [3.63, 3.8) is 0 Å². The molecule has 0 aromatic heterocycles.